The molecule has 0 N–H and O–H groups in total. The van der Waals surface area contributed by atoms with Gasteiger partial charge in [0.05, 0.1) is 36.9 Å². The molecule has 0 amide bonds. The maximum Gasteiger partial charge on any atom is 0.333 e. The third kappa shape index (κ3) is 16.4. The average Bonchev–Trinajstić information content (AvgIpc) is 3.34. The molecule has 4 aromatic carbocycles. The van der Waals surface area contributed by atoms with Crippen LogP contribution in [0.4, 0.5) is 0 Å². The molecule has 2 aliphatic rings. The maximum atomic E-state index is 12.6. The van der Waals surface area contributed by atoms with Crippen molar-refractivity contribution >= 4 is 35.8 Å². The zero-order valence-corrected chi connectivity index (χ0v) is 37.0. The van der Waals surface area contributed by atoms with Crippen LogP contribution in [0.1, 0.15) is 71.1 Å². The van der Waals surface area contributed by atoms with E-state index in [0.717, 1.165) is 28.3 Å². The number of carbonyl (C=O) groups is 6. The molecule has 2 aliphatic carbocycles. The molecule has 0 spiro atoms. The first-order valence-corrected chi connectivity index (χ1v) is 22.2. The Morgan fingerprint density at radius 2 is 0.800 bits per heavy atom. The number of benzene rings is 4. The second-order valence-corrected chi connectivity index (χ2v) is 16.1. The molecule has 0 aliphatic heterocycles. The molecule has 0 bridgehead atoms. The summed E-state index contributed by atoms with van der Waals surface area (Å²) in [6.45, 7) is 8.96. The smallest absolute Gasteiger partial charge is 0.333 e. The van der Waals surface area contributed by atoms with E-state index in [2.05, 4.69) is 13.2 Å². The van der Waals surface area contributed by atoms with Crippen LogP contribution >= 0.6 is 0 Å². The van der Waals surface area contributed by atoms with E-state index in [-0.39, 0.29) is 67.4 Å². The topological polar surface area (TPSA) is 158 Å². The zero-order chi connectivity index (χ0) is 46.4. The van der Waals surface area contributed by atoms with Gasteiger partial charge in [-0.25, -0.2) is 9.59 Å². The van der Waals surface area contributed by atoms with Gasteiger partial charge in [0.25, 0.3) is 0 Å². The molecule has 65 heavy (non-hydrogen) atoms. The van der Waals surface area contributed by atoms with Gasteiger partial charge in [-0.05, 0) is 118 Å². The van der Waals surface area contributed by atoms with E-state index in [1.165, 1.54) is 0 Å². The van der Waals surface area contributed by atoms with Crippen molar-refractivity contribution in [3.8, 4) is 33.8 Å². The van der Waals surface area contributed by atoms with Gasteiger partial charge < -0.3 is 28.4 Å². The lowest BCUT2D eigenvalue weighted by Crippen LogP contribution is -2.30. The van der Waals surface area contributed by atoms with Gasteiger partial charge in [-0.3, -0.25) is 19.2 Å². The standard InChI is InChI=1S/C27H30O6.C26H28O6/c1-2-25(28)31-18-6-7-19-32-26(29)22-10-12-23(13-11-22)27(30)33-24-16-14-21(15-17-24)20-8-4-3-5-9-20;1-18(2)24(27)30-16-17-31-25(28)21-8-10-22(11-9-21)26(29)32-23-14-12-20(13-15-23)19-6-4-3-5-7-19/h2-5,8-9,14-17,22-23H,1,6-7,10-13,18-19H2;3-7,12-15,21-22H,1,8-11,16-17H2,2H3. The van der Waals surface area contributed by atoms with E-state index >= 15 is 0 Å². The van der Waals surface area contributed by atoms with E-state index < -0.39 is 11.9 Å². The number of hydrogen-bond acceptors (Lipinski definition) is 12. The van der Waals surface area contributed by atoms with Gasteiger partial charge in [0, 0.05) is 11.6 Å². The number of carbonyl (C=O) groups excluding carboxylic acids is 6. The average molecular weight is 887 g/mol. The Morgan fingerprint density at radius 1 is 0.462 bits per heavy atom. The molecule has 0 radical (unpaired) electrons. The molecule has 0 unspecified atom stereocenters. The summed E-state index contributed by atoms with van der Waals surface area (Å²) < 4.78 is 31.4. The summed E-state index contributed by atoms with van der Waals surface area (Å²) in [6.07, 6.45) is 7.10. The van der Waals surface area contributed by atoms with Crippen molar-refractivity contribution in [3.63, 3.8) is 0 Å². The van der Waals surface area contributed by atoms with E-state index in [9.17, 15) is 28.8 Å². The highest BCUT2D eigenvalue weighted by atomic mass is 16.6. The highest BCUT2D eigenvalue weighted by molar-refractivity contribution is 5.87. The molecule has 342 valence electrons. The Hall–Kier alpha value is -6.82. The van der Waals surface area contributed by atoms with Gasteiger partial charge in [-0.2, -0.15) is 0 Å². The second-order valence-electron chi connectivity index (χ2n) is 16.1. The number of ether oxygens (including phenoxy) is 6. The summed E-state index contributed by atoms with van der Waals surface area (Å²) in [6, 6.07) is 34.9. The Labute approximate surface area is 380 Å². The molecule has 2 fully saturated rings. The van der Waals surface area contributed by atoms with Crippen LogP contribution in [0.25, 0.3) is 22.3 Å². The van der Waals surface area contributed by atoms with Crippen molar-refractivity contribution in [2.24, 2.45) is 23.7 Å². The normalized spacial score (nSPS) is 17.7. The van der Waals surface area contributed by atoms with Crippen LogP contribution in [0.2, 0.25) is 0 Å². The van der Waals surface area contributed by atoms with Gasteiger partial charge in [-0.1, -0.05) is 98.1 Å². The Kier molecular flexibility index (Phi) is 19.7. The van der Waals surface area contributed by atoms with Crippen LogP contribution in [0.15, 0.2) is 134 Å². The van der Waals surface area contributed by atoms with E-state index in [1.807, 2.05) is 97.1 Å². The van der Waals surface area contributed by atoms with Crippen molar-refractivity contribution < 1.29 is 57.2 Å². The molecular weight excluding hydrogens is 829 g/mol. The summed E-state index contributed by atoms with van der Waals surface area (Å²) in [5.74, 6) is -1.84. The maximum absolute atomic E-state index is 12.6. The first-order valence-electron chi connectivity index (χ1n) is 22.2. The fourth-order valence-electron chi connectivity index (χ4n) is 7.46. The number of esters is 6. The molecule has 0 aromatic heterocycles. The van der Waals surface area contributed by atoms with Crippen molar-refractivity contribution in [3.05, 3.63) is 134 Å². The summed E-state index contributed by atoms with van der Waals surface area (Å²) in [4.78, 5) is 71.8. The minimum Gasteiger partial charge on any atom is -0.465 e. The van der Waals surface area contributed by atoms with Crippen molar-refractivity contribution in [2.45, 2.75) is 71.1 Å². The van der Waals surface area contributed by atoms with Crippen molar-refractivity contribution in [2.75, 3.05) is 26.4 Å². The minimum atomic E-state index is -0.505. The van der Waals surface area contributed by atoms with Crippen LogP contribution in [0.3, 0.4) is 0 Å². The third-order valence-corrected chi connectivity index (χ3v) is 11.3. The highest BCUT2D eigenvalue weighted by Crippen LogP contribution is 2.33. The van der Waals surface area contributed by atoms with Crippen LogP contribution in [-0.2, 0) is 47.7 Å². The predicted molar refractivity (Wildman–Crippen MR) is 244 cm³/mol. The first-order chi connectivity index (χ1) is 31.5. The lowest BCUT2D eigenvalue weighted by molar-refractivity contribution is -0.155. The fourth-order valence-corrected chi connectivity index (χ4v) is 7.46. The van der Waals surface area contributed by atoms with E-state index in [0.29, 0.717) is 87.9 Å². The number of hydrogen-bond donors (Lipinski definition) is 0. The van der Waals surface area contributed by atoms with Crippen LogP contribution in [0, 0.1) is 23.7 Å². The SMILES string of the molecule is C=C(C)C(=O)OCCOC(=O)C1CCC(C(=O)Oc2ccc(-c3ccccc3)cc2)CC1.C=CC(=O)OCCCCOC(=O)C1CCC(C(=O)Oc2ccc(-c3ccccc3)cc2)CC1. The number of rotatable bonds is 18. The van der Waals surface area contributed by atoms with Gasteiger partial charge >= 0.3 is 35.8 Å². The predicted octanol–water partition coefficient (Wildman–Crippen LogP) is 9.85. The van der Waals surface area contributed by atoms with Crippen molar-refractivity contribution in [1.82, 2.24) is 0 Å². The quantitative estimate of drug-likeness (QED) is 0.0307. The van der Waals surface area contributed by atoms with Gasteiger partial charge in [0.15, 0.2) is 0 Å². The molecular formula is C53H58O12. The summed E-state index contributed by atoms with van der Waals surface area (Å²) in [7, 11) is 0. The molecule has 0 atom stereocenters. The van der Waals surface area contributed by atoms with E-state index in [4.69, 9.17) is 28.4 Å². The second kappa shape index (κ2) is 26.1. The van der Waals surface area contributed by atoms with Crippen LogP contribution in [-0.4, -0.2) is 62.2 Å². The molecule has 2 saturated carbocycles. The minimum absolute atomic E-state index is 0.00215. The molecule has 0 saturated heterocycles. The van der Waals surface area contributed by atoms with Gasteiger partial charge in [0.2, 0.25) is 0 Å². The lowest BCUT2D eigenvalue weighted by Gasteiger charge is -2.25. The molecule has 6 rings (SSSR count). The Balaban J connectivity index is 0.000000244. The lowest BCUT2D eigenvalue weighted by atomic mass is 9.82. The van der Waals surface area contributed by atoms with E-state index in [1.54, 1.807) is 19.1 Å². The highest BCUT2D eigenvalue weighted by Gasteiger charge is 2.33. The number of unbranched alkanes of at least 4 members (excludes halogenated alkanes) is 1. The van der Waals surface area contributed by atoms with Gasteiger partial charge in [-0.15, -0.1) is 0 Å². The molecule has 4 aromatic rings. The molecule has 12 heteroatoms. The summed E-state index contributed by atoms with van der Waals surface area (Å²) in [5, 5.41) is 0. The van der Waals surface area contributed by atoms with Crippen molar-refractivity contribution in [1.29, 1.82) is 0 Å². The Morgan fingerprint density at radius 3 is 1.18 bits per heavy atom. The largest absolute Gasteiger partial charge is 0.465 e. The first kappa shape index (κ1) is 49.2. The third-order valence-electron chi connectivity index (χ3n) is 11.3. The van der Waals surface area contributed by atoms with Gasteiger partial charge in [0.1, 0.15) is 24.7 Å². The summed E-state index contributed by atoms with van der Waals surface area (Å²) >= 11 is 0. The molecule has 12 nitrogen and oxygen atoms in total. The summed E-state index contributed by atoms with van der Waals surface area (Å²) in [5.41, 5.74) is 4.63. The van der Waals surface area contributed by atoms with Crippen LogP contribution < -0.4 is 9.47 Å². The monoisotopic (exact) mass is 886 g/mol. The zero-order valence-electron chi connectivity index (χ0n) is 37.0. The Bertz CT molecular complexity index is 2180. The van der Waals surface area contributed by atoms with Crippen LogP contribution in [0.5, 0.6) is 11.5 Å². The molecule has 0 heterocycles. The fraction of sp³-hybridized carbons (Fsp3) is 0.358.